The summed E-state index contributed by atoms with van der Waals surface area (Å²) in [5.74, 6) is 0.0755. The van der Waals surface area contributed by atoms with E-state index in [0.717, 1.165) is 6.42 Å². The van der Waals surface area contributed by atoms with E-state index in [0.29, 0.717) is 4.85 Å². The number of amides is 1. The van der Waals surface area contributed by atoms with Crippen LogP contribution in [0.1, 0.15) is 27.2 Å². The van der Waals surface area contributed by atoms with Gasteiger partial charge in [-0.05, 0) is 0 Å². The molecule has 0 aromatic rings. The van der Waals surface area contributed by atoms with Gasteiger partial charge in [0.15, 0.2) is 0 Å². The molecule has 1 N–H and O–H groups in total. The number of hydrogen-bond acceptors (Lipinski definition) is 1. The molecular weight excluding hydrogens is 209 g/mol. The van der Waals surface area contributed by atoms with Crippen LogP contribution in [0.5, 0.6) is 0 Å². The molecule has 0 atom stereocenters. The summed E-state index contributed by atoms with van der Waals surface area (Å²) >= 11 is -0.438. The summed E-state index contributed by atoms with van der Waals surface area (Å²) in [7, 11) is 0. The molecule has 0 spiro atoms. The summed E-state index contributed by atoms with van der Waals surface area (Å²) in [6.07, 6.45) is 7.33. The quantitative estimate of drug-likeness (QED) is 0.784. The number of carbonyl (C=O) groups is 1. The van der Waals surface area contributed by atoms with Crippen molar-refractivity contribution in [2.24, 2.45) is 0 Å². The summed E-state index contributed by atoms with van der Waals surface area (Å²) in [5.41, 5.74) is 0. The molecule has 0 bridgehead atoms. The fourth-order valence-corrected chi connectivity index (χ4v) is 3.34. The first-order valence-electron chi connectivity index (χ1n) is 4.35. The van der Waals surface area contributed by atoms with E-state index < -0.39 is 13.9 Å². The molecule has 0 saturated carbocycles. The van der Waals surface area contributed by atoms with Gasteiger partial charge in [0.25, 0.3) is 0 Å². The van der Waals surface area contributed by atoms with Crippen LogP contribution < -0.4 is 4.37 Å². The molecule has 0 aromatic heterocycles. The van der Waals surface area contributed by atoms with Crippen molar-refractivity contribution in [1.82, 2.24) is 4.37 Å². The van der Waals surface area contributed by atoms with Gasteiger partial charge in [-0.1, -0.05) is 0 Å². The van der Waals surface area contributed by atoms with Gasteiger partial charge < -0.3 is 0 Å². The van der Waals surface area contributed by atoms with Crippen LogP contribution in [0.15, 0.2) is 22.7 Å². The van der Waals surface area contributed by atoms with E-state index in [1.165, 1.54) is 4.51 Å². The molecule has 0 fully saturated rings. The van der Waals surface area contributed by atoms with Crippen LogP contribution >= 0.6 is 0 Å². The van der Waals surface area contributed by atoms with E-state index in [1.54, 1.807) is 6.92 Å². The third-order valence-corrected chi connectivity index (χ3v) is 4.49. The predicted octanol–water partition coefficient (Wildman–Crippen LogP) is 2.33. The third kappa shape index (κ3) is 3.01. The van der Waals surface area contributed by atoms with Gasteiger partial charge in [-0.25, -0.2) is 0 Å². The van der Waals surface area contributed by atoms with Crippen LogP contribution in [0.25, 0.3) is 0 Å². The van der Waals surface area contributed by atoms with Crippen molar-refractivity contribution in [2.75, 3.05) is 0 Å². The SMILES string of the molecule is CC(=O)[NH][Co]([C]1=CC=CC1)[CH](C)C. The molecule has 1 amide bonds. The minimum atomic E-state index is -0.438. The van der Waals surface area contributed by atoms with Gasteiger partial charge in [-0.3, -0.25) is 0 Å². The van der Waals surface area contributed by atoms with Crippen LogP contribution in [-0.4, -0.2) is 5.91 Å². The molecule has 2 nitrogen and oxygen atoms in total. The summed E-state index contributed by atoms with van der Waals surface area (Å²) in [4.78, 5) is 11.5. The Hall–Kier alpha value is -0.544. The van der Waals surface area contributed by atoms with Crippen molar-refractivity contribution in [3.05, 3.63) is 22.7 Å². The predicted molar refractivity (Wildman–Crippen MR) is 50.8 cm³/mol. The van der Waals surface area contributed by atoms with E-state index in [2.05, 4.69) is 36.4 Å². The second-order valence-electron chi connectivity index (χ2n) is 3.09. The second kappa shape index (κ2) is 4.63. The number of carbonyl (C=O) groups excluding carboxylic acids is 1. The fourth-order valence-electron chi connectivity index (χ4n) is 1.07. The Morgan fingerprint density at radius 2 is 2.31 bits per heavy atom. The monoisotopic (exact) mass is 225 g/mol. The molecule has 76 valence electrons. The molecule has 1 rings (SSSR count). The maximum atomic E-state index is 11.0. The fraction of sp³-hybridized carbons (Fsp3) is 0.500. The zero-order valence-corrected chi connectivity index (χ0v) is 9.30. The molecule has 0 heterocycles. The van der Waals surface area contributed by atoms with E-state index in [4.69, 9.17) is 0 Å². The Bertz CT molecular complexity index is 256. The van der Waals surface area contributed by atoms with Gasteiger partial charge in [0.2, 0.25) is 0 Å². The summed E-state index contributed by atoms with van der Waals surface area (Å²) in [6, 6.07) is 0. The average molecular weight is 225 g/mol. The third-order valence-electron chi connectivity index (χ3n) is 1.53. The van der Waals surface area contributed by atoms with Crippen molar-refractivity contribution >= 4 is 5.91 Å². The van der Waals surface area contributed by atoms with Gasteiger partial charge in [-0.2, -0.15) is 0 Å². The number of nitrogens with one attached hydrogen (secondary N) is 1. The van der Waals surface area contributed by atoms with Crippen molar-refractivity contribution in [1.29, 1.82) is 0 Å². The molecule has 0 aromatic carbocycles. The molecule has 13 heavy (non-hydrogen) atoms. The van der Waals surface area contributed by atoms with Crippen LogP contribution in [0, 0.1) is 0 Å². The van der Waals surface area contributed by atoms with Gasteiger partial charge in [0, 0.05) is 0 Å². The van der Waals surface area contributed by atoms with Gasteiger partial charge in [0.05, 0.1) is 0 Å². The molecule has 3 heteroatoms. The van der Waals surface area contributed by atoms with E-state index in [-0.39, 0.29) is 5.91 Å². The molecule has 1 aliphatic rings. The van der Waals surface area contributed by atoms with Gasteiger partial charge in [-0.15, -0.1) is 0 Å². The molecule has 0 saturated heterocycles. The summed E-state index contributed by atoms with van der Waals surface area (Å²) < 4.78 is 4.41. The summed E-state index contributed by atoms with van der Waals surface area (Å²) in [5, 5.41) is 0. The van der Waals surface area contributed by atoms with E-state index >= 15 is 0 Å². The Labute approximate surface area is 84.1 Å². The Kier molecular flexibility index (Phi) is 3.75. The molecule has 0 aliphatic heterocycles. The zero-order chi connectivity index (χ0) is 9.84. The van der Waals surface area contributed by atoms with E-state index in [9.17, 15) is 4.79 Å². The molecule has 0 unspecified atom stereocenters. The first-order valence-corrected chi connectivity index (χ1v) is 5.99. The summed E-state index contributed by atoms with van der Waals surface area (Å²) in [6.45, 7) is 5.89. The van der Waals surface area contributed by atoms with Crippen molar-refractivity contribution < 1.29 is 18.7 Å². The first kappa shape index (κ1) is 10.5. The number of allylic oxidation sites excluding steroid dienone is 4. The Morgan fingerprint density at radius 3 is 2.69 bits per heavy atom. The minimum absolute atomic E-state index is 0.0755. The number of rotatable bonds is 3. The van der Waals surface area contributed by atoms with Crippen LogP contribution in [0.2, 0.25) is 4.85 Å². The van der Waals surface area contributed by atoms with Crippen molar-refractivity contribution in [2.45, 2.75) is 32.0 Å². The first-order chi connectivity index (χ1) is 6.11. The molecule has 1 aliphatic carbocycles. The number of hydrogen-bond donors (Lipinski definition) is 1. The molecular formula is C10H16CoNO. The Balaban J connectivity index is 2.62. The maximum absolute atomic E-state index is 11.0. The van der Waals surface area contributed by atoms with Crippen LogP contribution in [0.3, 0.4) is 0 Å². The van der Waals surface area contributed by atoms with Gasteiger partial charge >= 0.3 is 83.7 Å². The van der Waals surface area contributed by atoms with Crippen molar-refractivity contribution in [3.63, 3.8) is 0 Å². The van der Waals surface area contributed by atoms with E-state index in [1.807, 2.05) is 0 Å². The standard InChI is InChI=1S/C5H5.C3H7.C2H5NO.Co/c1-2-4-5-3-1;1-3-2;1-2(3)4;/h1-3H,4H2;3H,1-2H3;1H3,(H2,3,4);/q;;;+1/p-1. The van der Waals surface area contributed by atoms with Crippen LogP contribution in [-0.2, 0) is 18.7 Å². The second-order valence-corrected chi connectivity index (χ2v) is 6.09. The molecule has 0 radical (unpaired) electrons. The normalized spacial score (nSPS) is 16.0. The van der Waals surface area contributed by atoms with Gasteiger partial charge in [0.1, 0.15) is 0 Å². The Morgan fingerprint density at radius 1 is 1.62 bits per heavy atom. The van der Waals surface area contributed by atoms with Crippen LogP contribution in [0.4, 0.5) is 0 Å². The average Bonchev–Trinajstić information content (AvgIpc) is 2.50. The zero-order valence-electron chi connectivity index (χ0n) is 8.26. The topological polar surface area (TPSA) is 29.1 Å². The van der Waals surface area contributed by atoms with Crippen molar-refractivity contribution in [3.8, 4) is 0 Å².